The van der Waals surface area contributed by atoms with E-state index < -0.39 is 104 Å². The average Bonchev–Trinajstić information content (AvgIpc) is 3.66. The van der Waals surface area contributed by atoms with Crippen molar-refractivity contribution in [2.24, 2.45) is 52.3 Å². The van der Waals surface area contributed by atoms with Crippen LogP contribution >= 0.6 is 0 Å². The molecule has 0 bridgehead atoms. The van der Waals surface area contributed by atoms with Crippen LogP contribution in [0.2, 0.25) is 0 Å². The van der Waals surface area contributed by atoms with Crippen LogP contribution in [-0.4, -0.2) is 164 Å². The van der Waals surface area contributed by atoms with Gasteiger partial charge in [-0.05, 0) is 105 Å². The zero-order valence-electron chi connectivity index (χ0n) is 36.0. The standard InChI is InChI=1S/C44H72O16/c1-18-9-12-44(54-16-18)19(2)30-28(60-44)15-26-24-8-7-22-13-23(14-29(46)43(22,6)25(24)10-11-42(26,30)5)57-41-38(33(49)27(45)17-53-41)59-40-36(52)37(32(48)21(4)56-40)58-39-35(51)34(50)31(47)20(3)55-39/h18-41,45-52H,7-17H2,1-6H3/t18-,19+,20+,21+,22-,23-,24-,25+,26-,27+,28+,29-,30+,31+,32+,33+,34-,35-,36-,37-,38-,39+,40+,41+,42+,43+,44-/m1/s1. The van der Waals surface area contributed by atoms with Crippen molar-refractivity contribution in [1.82, 2.24) is 0 Å². The summed E-state index contributed by atoms with van der Waals surface area (Å²) in [6, 6.07) is 0. The Kier molecular flexibility index (Phi) is 12.1. The molecule has 0 aromatic carbocycles. The minimum atomic E-state index is -1.71. The van der Waals surface area contributed by atoms with Gasteiger partial charge in [0.15, 0.2) is 24.7 Å². The first-order valence-electron chi connectivity index (χ1n) is 23.0. The van der Waals surface area contributed by atoms with Gasteiger partial charge in [-0.1, -0.05) is 27.7 Å². The number of aliphatic hydroxyl groups excluding tert-OH is 8. The second-order valence-corrected chi connectivity index (χ2v) is 21.1. The van der Waals surface area contributed by atoms with E-state index in [-0.39, 0.29) is 29.5 Å². The Morgan fingerprint density at radius 2 is 1.30 bits per heavy atom. The number of rotatable bonds is 6. The highest BCUT2D eigenvalue weighted by Gasteiger charge is 2.70. The molecule has 9 fully saturated rings. The molecule has 0 radical (unpaired) electrons. The largest absolute Gasteiger partial charge is 0.392 e. The van der Waals surface area contributed by atoms with E-state index in [2.05, 4.69) is 27.7 Å². The third-order valence-corrected chi connectivity index (χ3v) is 17.9. The molecule has 9 aliphatic rings. The number of hydrogen-bond acceptors (Lipinski definition) is 16. The van der Waals surface area contributed by atoms with E-state index >= 15 is 0 Å². The molecule has 4 saturated carbocycles. The van der Waals surface area contributed by atoms with E-state index in [1.54, 1.807) is 0 Å². The second-order valence-electron chi connectivity index (χ2n) is 21.1. The van der Waals surface area contributed by atoms with Gasteiger partial charge < -0.3 is 78.7 Å². The quantitative estimate of drug-likeness (QED) is 0.174. The van der Waals surface area contributed by atoms with Crippen LogP contribution < -0.4 is 0 Å². The lowest BCUT2D eigenvalue weighted by Crippen LogP contribution is -2.65. The van der Waals surface area contributed by atoms with Crippen molar-refractivity contribution >= 4 is 0 Å². The smallest absolute Gasteiger partial charge is 0.187 e. The second kappa shape index (κ2) is 16.4. The highest BCUT2D eigenvalue weighted by molar-refractivity contribution is 5.16. The molecule has 4 aliphatic carbocycles. The number of aliphatic hydroxyl groups is 8. The van der Waals surface area contributed by atoms with E-state index in [1.807, 2.05) is 0 Å². The molecule has 1 spiro atoms. The van der Waals surface area contributed by atoms with Crippen LogP contribution in [0.15, 0.2) is 0 Å². The van der Waals surface area contributed by atoms with Crippen LogP contribution in [0.3, 0.4) is 0 Å². The lowest BCUT2D eigenvalue weighted by Gasteiger charge is -2.62. The van der Waals surface area contributed by atoms with E-state index in [0.717, 1.165) is 51.6 Å². The number of fused-ring (bicyclic) bond motifs is 7. The van der Waals surface area contributed by atoms with Crippen molar-refractivity contribution in [3.05, 3.63) is 0 Å². The van der Waals surface area contributed by atoms with Gasteiger partial charge in [0.25, 0.3) is 0 Å². The molecular formula is C44H72O16. The highest BCUT2D eigenvalue weighted by atomic mass is 16.8. The number of hydrogen-bond donors (Lipinski definition) is 8. The maximum absolute atomic E-state index is 12.2. The first kappa shape index (κ1) is 44.6. The summed E-state index contributed by atoms with van der Waals surface area (Å²) in [4.78, 5) is 0. The average molecular weight is 857 g/mol. The van der Waals surface area contributed by atoms with Gasteiger partial charge in [0.05, 0.1) is 43.7 Å². The molecule has 16 heteroatoms. The van der Waals surface area contributed by atoms with Gasteiger partial charge in [0.1, 0.15) is 54.9 Å². The SMILES string of the molecule is C[C@@H]1CC[C@@]2(OC1)O[C@H]1C[C@@H]3[C@@H]4CC[C@@H]5C[C@@H](O[C@@H]6OC[C@H](O)[C@H](O)[C@H]6O[C@@H]6O[C@@H](C)[C@H](O)[C@@H](O[C@@H]7O[C@@H](C)[C@H](O)[C@@H](O)[C@H]7O)[C@H]6O)C[C@@H](O)[C@]5(C)[C@H]4CC[C@]3(C)[C@H]1[C@@H]2C. The Morgan fingerprint density at radius 1 is 0.600 bits per heavy atom. The summed E-state index contributed by atoms with van der Waals surface area (Å²) < 4.78 is 49.4. The van der Waals surface area contributed by atoms with E-state index in [1.165, 1.54) is 13.8 Å². The van der Waals surface area contributed by atoms with Crippen molar-refractivity contribution in [2.75, 3.05) is 13.2 Å². The van der Waals surface area contributed by atoms with E-state index in [4.69, 9.17) is 37.9 Å². The van der Waals surface area contributed by atoms with Crippen LogP contribution in [0.1, 0.15) is 99.3 Å². The van der Waals surface area contributed by atoms with Crippen LogP contribution in [0.25, 0.3) is 0 Å². The summed E-state index contributed by atoms with van der Waals surface area (Å²) in [5.74, 6) is 2.52. The molecular weight excluding hydrogens is 784 g/mol. The molecule has 5 aliphatic heterocycles. The molecule has 60 heavy (non-hydrogen) atoms. The first-order chi connectivity index (χ1) is 28.4. The summed E-state index contributed by atoms with van der Waals surface area (Å²) in [6.07, 6.45) is -12.1. The molecule has 5 saturated heterocycles. The molecule has 27 atom stereocenters. The topological polar surface area (TPSA) is 236 Å². The van der Waals surface area contributed by atoms with Gasteiger partial charge in [0.2, 0.25) is 0 Å². The third kappa shape index (κ3) is 7.09. The van der Waals surface area contributed by atoms with E-state index in [0.29, 0.717) is 48.3 Å². The third-order valence-electron chi connectivity index (χ3n) is 17.9. The summed E-state index contributed by atoms with van der Waals surface area (Å²) in [7, 11) is 0. The van der Waals surface area contributed by atoms with Gasteiger partial charge in [-0.2, -0.15) is 0 Å². The molecule has 8 N–H and O–H groups in total. The Morgan fingerprint density at radius 3 is 2.02 bits per heavy atom. The molecule has 0 aromatic rings. The lowest BCUT2D eigenvalue weighted by atomic mass is 9.43. The van der Waals surface area contributed by atoms with Crippen molar-refractivity contribution < 1.29 is 78.7 Å². The van der Waals surface area contributed by atoms with Crippen LogP contribution in [-0.2, 0) is 37.9 Å². The molecule has 5 heterocycles. The van der Waals surface area contributed by atoms with Gasteiger partial charge in [-0.3, -0.25) is 0 Å². The van der Waals surface area contributed by atoms with Crippen molar-refractivity contribution in [3.8, 4) is 0 Å². The summed E-state index contributed by atoms with van der Waals surface area (Å²) in [5.41, 5.74) is -0.133. The molecule has 16 nitrogen and oxygen atoms in total. The predicted molar refractivity (Wildman–Crippen MR) is 208 cm³/mol. The Hall–Kier alpha value is -0.640. The molecule has 344 valence electrons. The molecule has 9 rings (SSSR count). The molecule has 0 unspecified atom stereocenters. The normalized spacial score (nSPS) is 60.5. The minimum Gasteiger partial charge on any atom is -0.392 e. The predicted octanol–water partition coefficient (Wildman–Crippen LogP) is 0.932. The Bertz CT molecular complexity index is 1520. The van der Waals surface area contributed by atoms with Crippen LogP contribution in [0.4, 0.5) is 0 Å². The first-order valence-corrected chi connectivity index (χ1v) is 23.0. The zero-order valence-corrected chi connectivity index (χ0v) is 36.0. The maximum Gasteiger partial charge on any atom is 0.187 e. The molecule has 0 aromatic heterocycles. The summed E-state index contributed by atoms with van der Waals surface area (Å²) in [5, 5.41) is 87.6. The monoisotopic (exact) mass is 856 g/mol. The fraction of sp³-hybridized carbons (Fsp3) is 1.00. The molecule has 0 amide bonds. The Balaban J connectivity index is 0.860. The Labute approximate surface area is 353 Å². The van der Waals surface area contributed by atoms with Gasteiger partial charge in [-0.25, -0.2) is 0 Å². The van der Waals surface area contributed by atoms with Crippen molar-refractivity contribution in [3.63, 3.8) is 0 Å². The highest BCUT2D eigenvalue weighted by Crippen LogP contribution is 2.71. The van der Waals surface area contributed by atoms with Crippen LogP contribution in [0, 0.1) is 52.3 Å². The van der Waals surface area contributed by atoms with Gasteiger partial charge >= 0.3 is 0 Å². The summed E-state index contributed by atoms with van der Waals surface area (Å²) >= 11 is 0. The fourth-order valence-corrected chi connectivity index (χ4v) is 14.3. The fourth-order valence-electron chi connectivity index (χ4n) is 14.3. The minimum absolute atomic E-state index is 0.168. The number of ether oxygens (including phenoxy) is 8. The summed E-state index contributed by atoms with van der Waals surface area (Å²) in [6.45, 7) is 13.0. The van der Waals surface area contributed by atoms with Gasteiger partial charge in [-0.15, -0.1) is 0 Å². The maximum atomic E-state index is 12.2. The zero-order chi connectivity index (χ0) is 42.8. The lowest BCUT2D eigenvalue weighted by molar-refractivity contribution is -0.379. The van der Waals surface area contributed by atoms with Crippen LogP contribution in [0.5, 0.6) is 0 Å². The van der Waals surface area contributed by atoms with Gasteiger partial charge in [0, 0.05) is 18.8 Å². The van der Waals surface area contributed by atoms with Crippen molar-refractivity contribution in [2.45, 2.75) is 209 Å². The van der Waals surface area contributed by atoms with Crippen molar-refractivity contribution in [1.29, 1.82) is 0 Å². The van der Waals surface area contributed by atoms with E-state index in [9.17, 15) is 40.9 Å².